The van der Waals surface area contributed by atoms with Crippen molar-refractivity contribution in [3.05, 3.63) is 81.3 Å². The van der Waals surface area contributed by atoms with E-state index < -0.39 is 16.2 Å². The van der Waals surface area contributed by atoms with Crippen molar-refractivity contribution in [2.75, 3.05) is 7.11 Å². The van der Waals surface area contributed by atoms with Gasteiger partial charge in [-0.1, -0.05) is 65.2 Å². The largest absolute Gasteiger partial charge is 0.484 e. The molecule has 7 heteroatoms. The maximum Gasteiger partial charge on any atom is 0.297 e. The summed E-state index contributed by atoms with van der Waals surface area (Å²) in [5.41, 5.74) is 4.16. The molecule has 1 atom stereocenters. The van der Waals surface area contributed by atoms with Gasteiger partial charge < -0.3 is 4.74 Å². The quantitative estimate of drug-likeness (QED) is 0.460. The molecule has 1 unspecified atom stereocenters. The van der Waals surface area contributed by atoms with Crippen LogP contribution in [0.5, 0.6) is 5.75 Å². The Morgan fingerprint density at radius 1 is 1.03 bits per heavy atom. The average Bonchev–Trinajstić information content (AvgIpc) is 3.12. The molecule has 0 fully saturated rings. The fourth-order valence-electron chi connectivity index (χ4n) is 3.60. The molecular formula is C22H18Cl2O4S. The topological polar surface area (TPSA) is 52.6 Å². The molecule has 1 aliphatic rings. The number of rotatable bonds is 4. The van der Waals surface area contributed by atoms with Crippen LogP contribution in [0.1, 0.15) is 22.8 Å². The van der Waals surface area contributed by atoms with Crippen LogP contribution in [0.2, 0.25) is 10.0 Å². The minimum Gasteiger partial charge on any atom is -0.484 e. The standard InChI is InChI=1S/C22H18Cl2O4S/c1-13-6-9-21(29(25,26)27-2)18(10-13)20-11-14-4-3-5-17(22(14)28-20)16-8-7-15(23)12-19(16)24/h3-10,12,20H,11H2,1-2H3. The molecule has 1 heterocycles. The Balaban J connectivity index is 1.79. The molecule has 0 aliphatic carbocycles. The van der Waals surface area contributed by atoms with Gasteiger partial charge in [-0.3, -0.25) is 4.18 Å². The molecule has 0 aromatic heterocycles. The lowest BCUT2D eigenvalue weighted by Gasteiger charge is -2.17. The van der Waals surface area contributed by atoms with Crippen LogP contribution < -0.4 is 4.74 Å². The minimum absolute atomic E-state index is 0.120. The maximum absolute atomic E-state index is 12.4. The molecule has 4 rings (SSSR count). The third-order valence-corrected chi connectivity index (χ3v) is 6.88. The lowest BCUT2D eigenvalue weighted by Crippen LogP contribution is -2.12. The van der Waals surface area contributed by atoms with Crippen LogP contribution >= 0.6 is 23.2 Å². The first kappa shape index (κ1) is 20.2. The zero-order valence-electron chi connectivity index (χ0n) is 15.8. The van der Waals surface area contributed by atoms with E-state index in [-0.39, 0.29) is 4.90 Å². The highest BCUT2D eigenvalue weighted by Gasteiger charge is 2.32. The fraction of sp³-hybridized carbons (Fsp3) is 0.182. The Morgan fingerprint density at radius 3 is 2.55 bits per heavy atom. The summed E-state index contributed by atoms with van der Waals surface area (Å²) in [6, 6.07) is 16.3. The van der Waals surface area contributed by atoms with Crippen molar-refractivity contribution in [3.63, 3.8) is 0 Å². The second-order valence-electron chi connectivity index (χ2n) is 6.89. The van der Waals surface area contributed by atoms with Crippen LogP contribution in [0, 0.1) is 6.92 Å². The Labute approximate surface area is 180 Å². The van der Waals surface area contributed by atoms with Crippen molar-refractivity contribution < 1.29 is 17.3 Å². The lowest BCUT2D eigenvalue weighted by molar-refractivity contribution is 0.235. The second-order valence-corrected chi connectivity index (χ2v) is 9.42. The monoisotopic (exact) mass is 448 g/mol. The highest BCUT2D eigenvalue weighted by molar-refractivity contribution is 7.86. The molecule has 3 aromatic rings. The third-order valence-electron chi connectivity index (χ3n) is 4.98. The summed E-state index contributed by atoms with van der Waals surface area (Å²) in [5, 5.41) is 1.08. The first-order valence-electron chi connectivity index (χ1n) is 8.95. The van der Waals surface area contributed by atoms with Gasteiger partial charge in [0.2, 0.25) is 0 Å². The zero-order chi connectivity index (χ0) is 20.8. The van der Waals surface area contributed by atoms with Crippen molar-refractivity contribution in [2.45, 2.75) is 24.3 Å². The SMILES string of the molecule is COS(=O)(=O)c1ccc(C)cc1C1Cc2cccc(-c3ccc(Cl)cc3Cl)c2O1. The summed E-state index contributed by atoms with van der Waals surface area (Å²) >= 11 is 12.4. The van der Waals surface area contributed by atoms with Crippen LogP contribution in [-0.2, 0) is 20.7 Å². The van der Waals surface area contributed by atoms with E-state index in [1.165, 1.54) is 0 Å². The van der Waals surface area contributed by atoms with E-state index in [9.17, 15) is 8.42 Å². The van der Waals surface area contributed by atoms with Gasteiger partial charge in [0.1, 0.15) is 16.7 Å². The van der Waals surface area contributed by atoms with Gasteiger partial charge in [-0.05, 0) is 30.7 Å². The molecule has 150 valence electrons. The van der Waals surface area contributed by atoms with Crippen molar-refractivity contribution in [2.24, 2.45) is 0 Å². The van der Waals surface area contributed by atoms with Gasteiger partial charge in [0.15, 0.2) is 0 Å². The zero-order valence-corrected chi connectivity index (χ0v) is 18.1. The fourth-order valence-corrected chi connectivity index (χ4v) is 5.00. The van der Waals surface area contributed by atoms with Gasteiger partial charge in [-0.2, -0.15) is 8.42 Å². The van der Waals surface area contributed by atoms with E-state index in [1.807, 2.05) is 37.3 Å². The number of aryl methyl sites for hydroxylation is 1. The van der Waals surface area contributed by atoms with Crippen molar-refractivity contribution >= 4 is 33.3 Å². The van der Waals surface area contributed by atoms with Gasteiger partial charge in [0.05, 0.1) is 12.1 Å². The number of fused-ring (bicyclic) bond motifs is 1. The smallest absolute Gasteiger partial charge is 0.297 e. The Kier molecular flexibility index (Phi) is 5.34. The molecule has 0 saturated heterocycles. The molecule has 0 radical (unpaired) electrons. The molecule has 0 amide bonds. The van der Waals surface area contributed by atoms with Gasteiger partial charge in [-0.15, -0.1) is 0 Å². The summed E-state index contributed by atoms with van der Waals surface area (Å²) < 4.78 is 35.9. The van der Waals surface area contributed by atoms with E-state index in [0.717, 1.165) is 29.4 Å². The van der Waals surface area contributed by atoms with Crippen LogP contribution in [0.3, 0.4) is 0 Å². The van der Waals surface area contributed by atoms with Gasteiger partial charge >= 0.3 is 0 Å². The number of ether oxygens (including phenoxy) is 1. The van der Waals surface area contributed by atoms with E-state index in [1.54, 1.807) is 24.3 Å². The summed E-state index contributed by atoms with van der Waals surface area (Å²) in [5.74, 6) is 0.698. The van der Waals surface area contributed by atoms with Crippen LogP contribution in [0.4, 0.5) is 0 Å². The van der Waals surface area contributed by atoms with Crippen LogP contribution in [0.25, 0.3) is 11.1 Å². The van der Waals surface area contributed by atoms with Crippen LogP contribution in [-0.4, -0.2) is 15.5 Å². The van der Waals surface area contributed by atoms with Gasteiger partial charge in [0, 0.05) is 28.1 Å². The van der Waals surface area contributed by atoms with Crippen molar-refractivity contribution in [1.29, 1.82) is 0 Å². The Morgan fingerprint density at radius 2 is 1.83 bits per heavy atom. The molecule has 0 saturated carbocycles. The van der Waals surface area contributed by atoms with E-state index in [0.29, 0.717) is 27.8 Å². The Hall–Kier alpha value is -2.05. The van der Waals surface area contributed by atoms with Crippen LogP contribution in [0.15, 0.2) is 59.5 Å². The predicted molar refractivity (Wildman–Crippen MR) is 114 cm³/mol. The Bertz CT molecular complexity index is 1210. The lowest BCUT2D eigenvalue weighted by atomic mass is 9.98. The normalized spacial score (nSPS) is 15.8. The molecule has 3 aromatic carbocycles. The van der Waals surface area contributed by atoms with Crippen molar-refractivity contribution in [3.8, 4) is 16.9 Å². The number of para-hydroxylation sites is 1. The molecule has 0 N–H and O–H groups in total. The summed E-state index contributed by atoms with van der Waals surface area (Å²) in [6.07, 6.45) is 0.0985. The molecule has 0 bridgehead atoms. The minimum atomic E-state index is -3.86. The number of hydrogen-bond acceptors (Lipinski definition) is 4. The number of benzene rings is 3. The van der Waals surface area contributed by atoms with E-state index >= 15 is 0 Å². The summed E-state index contributed by atoms with van der Waals surface area (Å²) in [7, 11) is -2.70. The third kappa shape index (κ3) is 3.76. The highest BCUT2D eigenvalue weighted by atomic mass is 35.5. The molecule has 1 aliphatic heterocycles. The van der Waals surface area contributed by atoms with Crippen molar-refractivity contribution in [1.82, 2.24) is 0 Å². The van der Waals surface area contributed by atoms with Gasteiger partial charge in [0.25, 0.3) is 10.1 Å². The molecule has 29 heavy (non-hydrogen) atoms. The molecule has 0 spiro atoms. The van der Waals surface area contributed by atoms with E-state index in [2.05, 4.69) is 0 Å². The first-order chi connectivity index (χ1) is 13.8. The number of hydrogen-bond donors (Lipinski definition) is 0. The average molecular weight is 449 g/mol. The van der Waals surface area contributed by atoms with Gasteiger partial charge in [-0.25, -0.2) is 0 Å². The highest BCUT2D eigenvalue weighted by Crippen LogP contribution is 2.46. The summed E-state index contributed by atoms with van der Waals surface area (Å²) in [6.45, 7) is 1.91. The predicted octanol–water partition coefficient (Wildman–Crippen LogP) is 5.98. The summed E-state index contributed by atoms with van der Waals surface area (Å²) in [4.78, 5) is 0.120. The second kappa shape index (κ2) is 7.65. The first-order valence-corrected chi connectivity index (χ1v) is 11.1. The molecule has 4 nitrogen and oxygen atoms in total. The van der Waals surface area contributed by atoms with E-state index in [4.69, 9.17) is 32.1 Å². The number of halogens is 2. The maximum atomic E-state index is 12.4. The molecular weight excluding hydrogens is 431 g/mol.